The second-order valence-electron chi connectivity index (χ2n) is 5.20. The zero-order chi connectivity index (χ0) is 16.5. The fourth-order valence-electron chi connectivity index (χ4n) is 2.46. The summed E-state index contributed by atoms with van der Waals surface area (Å²) in [7, 11) is 0. The number of nitrogens with one attached hydrogen (secondary N) is 1. The van der Waals surface area contributed by atoms with Gasteiger partial charge in [-0.2, -0.15) is 0 Å². The molecule has 0 saturated carbocycles. The number of aromatic nitrogens is 2. The third kappa shape index (κ3) is 3.08. The van der Waals surface area contributed by atoms with Gasteiger partial charge in [-0.1, -0.05) is 53.5 Å². The van der Waals surface area contributed by atoms with Crippen molar-refractivity contribution < 1.29 is 0 Å². The lowest BCUT2D eigenvalue weighted by Gasteiger charge is -2.07. The van der Waals surface area contributed by atoms with Gasteiger partial charge in [0.05, 0.1) is 5.39 Å². The van der Waals surface area contributed by atoms with Crippen LogP contribution in [0.3, 0.4) is 0 Å². The Kier molecular flexibility index (Phi) is 4.10. The minimum Gasteiger partial charge on any atom is -0.340 e. The molecular weight excluding hydrogens is 361 g/mol. The quantitative estimate of drug-likeness (QED) is 0.452. The molecule has 118 valence electrons. The number of rotatable bonds is 3. The first-order valence-corrected chi connectivity index (χ1v) is 8.79. The van der Waals surface area contributed by atoms with Crippen molar-refractivity contribution in [2.45, 2.75) is 0 Å². The van der Waals surface area contributed by atoms with Gasteiger partial charge in [0.15, 0.2) is 0 Å². The first kappa shape index (κ1) is 15.4. The predicted molar refractivity (Wildman–Crippen MR) is 103 cm³/mol. The molecule has 0 unspecified atom stereocenters. The second kappa shape index (κ2) is 6.40. The standard InChI is InChI=1S/C18H11Cl2N3S/c19-12-6-13(20)8-14(7-12)23-17-15-9-16(11-4-2-1-3-5-11)24-18(15)22-10-21-17/h1-10H,(H,21,22,23). The van der Waals surface area contributed by atoms with Gasteiger partial charge in [0, 0.05) is 20.6 Å². The highest BCUT2D eigenvalue weighted by molar-refractivity contribution is 7.21. The lowest BCUT2D eigenvalue weighted by Crippen LogP contribution is -1.94. The number of anilines is 2. The van der Waals surface area contributed by atoms with Crippen LogP contribution in [0, 0.1) is 0 Å². The number of thiophene rings is 1. The molecule has 0 aliphatic rings. The smallest absolute Gasteiger partial charge is 0.142 e. The molecule has 0 radical (unpaired) electrons. The van der Waals surface area contributed by atoms with Crippen LogP contribution in [0.25, 0.3) is 20.7 Å². The molecule has 3 nitrogen and oxygen atoms in total. The summed E-state index contributed by atoms with van der Waals surface area (Å²) in [5, 5.41) is 5.40. The molecule has 0 spiro atoms. The maximum Gasteiger partial charge on any atom is 0.142 e. The Hall–Kier alpha value is -2.14. The van der Waals surface area contributed by atoms with E-state index in [0.717, 1.165) is 32.2 Å². The van der Waals surface area contributed by atoms with E-state index in [1.54, 1.807) is 23.7 Å². The Morgan fingerprint density at radius 3 is 2.38 bits per heavy atom. The summed E-state index contributed by atoms with van der Waals surface area (Å²) in [6, 6.07) is 17.6. The molecule has 2 aromatic heterocycles. The van der Waals surface area contributed by atoms with Crippen molar-refractivity contribution in [2.24, 2.45) is 0 Å². The Labute approximate surface area is 152 Å². The molecule has 0 aliphatic heterocycles. The predicted octanol–water partition coefficient (Wildman–Crippen LogP) is 6.41. The number of fused-ring (bicyclic) bond motifs is 1. The monoisotopic (exact) mass is 371 g/mol. The molecule has 0 fully saturated rings. The Bertz CT molecular complexity index is 995. The SMILES string of the molecule is Clc1cc(Cl)cc(Nc2ncnc3sc(-c4ccccc4)cc23)c1. The van der Waals surface area contributed by atoms with Gasteiger partial charge in [0.25, 0.3) is 0 Å². The van der Waals surface area contributed by atoms with E-state index in [2.05, 4.69) is 33.5 Å². The van der Waals surface area contributed by atoms with Gasteiger partial charge in [0.1, 0.15) is 17.0 Å². The van der Waals surface area contributed by atoms with E-state index >= 15 is 0 Å². The summed E-state index contributed by atoms with van der Waals surface area (Å²) < 4.78 is 0. The van der Waals surface area contributed by atoms with E-state index in [9.17, 15) is 0 Å². The number of benzene rings is 2. The molecule has 0 saturated heterocycles. The number of halogens is 2. The molecule has 0 bridgehead atoms. The summed E-state index contributed by atoms with van der Waals surface area (Å²) in [5.74, 6) is 0.733. The van der Waals surface area contributed by atoms with Crippen LogP contribution in [0.2, 0.25) is 10.0 Å². The van der Waals surface area contributed by atoms with Gasteiger partial charge in [-0.25, -0.2) is 9.97 Å². The molecule has 4 aromatic rings. The molecular formula is C18H11Cl2N3S. The summed E-state index contributed by atoms with van der Waals surface area (Å²) in [4.78, 5) is 10.8. The molecule has 0 aliphatic carbocycles. The molecule has 6 heteroatoms. The molecule has 0 atom stereocenters. The third-order valence-corrected chi connectivity index (χ3v) is 5.04. The van der Waals surface area contributed by atoms with Crippen molar-refractivity contribution in [1.29, 1.82) is 0 Å². The Morgan fingerprint density at radius 2 is 1.62 bits per heavy atom. The number of hydrogen-bond donors (Lipinski definition) is 1. The highest BCUT2D eigenvalue weighted by Crippen LogP contribution is 2.36. The highest BCUT2D eigenvalue weighted by Gasteiger charge is 2.10. The van der Waals surface area contributed by atoms with Crippen LogP contribution < -0.4 is 5.32 Å². The van der Waals surface area contributed by atoms with Crippen molar-refractivity contribution >= 4 is 56.3 Å². The summed E-state index contributed by atoms with van der Waals surface area (Å²) in [6.07, 6.45) is 1.56. The highest BCUT2D eigenvalue weighted by atomic mass is 35.5. The van der Waals surface area contributed by atoms with Gasteiger partial charge in [-0.05, 0) is 29.8 Å². The zero-order valence-electron chi connectivity index (χ0n) is 12.3. The van der Waals surface area contributed by atoms with Crippen molar-refractivity contribution in [3.8, 4) is 10.4 Å². The largest absolute Gasteiger partial charge is 0.340 e. The van der Waals surface area contributed by atoms with Crippen LogP contribution >= 0.6 is 34.5 Å². The van der Waals surface area contributed by atoms with E-state index in [-0.39, 0.29) is 0 Å². The normalized spacial score (nSPS) is 10.9. The van der Waals surface area contributed by atoms with Gasteiger partial charge in [0.2, 0.25) is 0 Å². The lowest BCUT2D eigenvalue weighted by atomic mass is 10.2. The first-order chi connectivity index (χ1) is 11.7. The van der Waals surface area contributed by atoms with Gasteiger partial charge in [-0.15, -0.1) is 11.3 Å². The number of hydrogen-bond acceptors (Lipinski definition) is 4. The van der Waals surface area contributed by atoms with Gasteiger partial charge < -0.3 is 5.32 Å². The van der Waals surface area contributed by atoms with Crippen molar-refractivity contribution in [3.63, 3.8) is 0 Å². The minimum absolute atomic E-state index is 0.575. The maximum absolute atomic E-state index is 6.06. The molecule has 2 heterocycles. The van der Waals surface area contributed by atoms with Crippen LogP contribution in [-0.2, 0) is 0 Å². The van der Waals surface area contributed by atoms with E-state index in [0.29, 0.717) is 10.0 Å². The minimum atomic E-state index is 0.575. The first-order valence-electron chi connectivity index (χ1n) is 7.22. The second-order valence-corrected chi connectivity index (χ2v) is 7.10. The van der Waals surface area contributed by atoms with Crippen LogP contribution in [-0.4, -0.2) is 9.97 Å². The molecule has 2 aromatic carbocycles. The fourth-order valence-corrected chi connectivity index (χ4v) is 3.99. The van der Waals surface area contributed by atoms with E-state index in [1.807, 2.05) is 30.3 Å². The van der Waals surface area contributed by atoms with Crippen LogP contribution in [0.15, 0.2) is 60.9 Å². The molecule has 0 amide bonds. The lowest BCUT2D eigenvalue weighted by molar-refractivity contribution is 1.23. The van der Waals surface area contributed by atoms with Crippen molar-refractivity contribution in [3.05, 3.63) is 71.0 Å². The zero-order valence-corrected chi connectivity index (χ0v) is 14.7. The van der Waals surface area contributed by atoms with E-state index < -0.39 is 0 Å². The van der Waals surface area contributed by atoms with Crippen molar-refractivity contribution in [1.82, 2.24) is 9.97 Å². The Balaban J connectivity index is 1.77. The maximum atomic E-state index is 6.06. The van der Waals surface area contributed by atoms with E-state index in [1.165, 1.54) is 0 Å². The molecule has 4 rings (SSSR count). The summed E-state index contributed by atoms with van der Waals surface area (Å²) in [6.45, 7) is 0. The van der Waals surface area contributed by atoms with Gasteiger partial charge in [-0.3, -0.25) is 0 Å². The molecule has 24 heavy (non-hydrogen) atoms. The summed E-state index contributed by atoms with van der Waals surface area (Å²) >= 11 is 13.8. The average molecular weight is 372 g/mol. The van der Waals surface area contributed by atoms with Crippen LogP contribution in [0.5, 0.6) is 0 Å². The van der Waals surface area contributed by atoms with E-state index in [4.69, 9.17) is 23.2 Å². The topological polar surface area (TPSA) is 37.8 Å². The van der Waals surface area contributed by atoms with Crippen LogP contribution in [0.1, 0.15) is 0 Å². The summed E-state index contributed by atoms with van der Waals surface area (Å²) in [5.41, 5.74) is 1.96. The van der Waals surface area contributed by atoms with Crippen LogP contribution in [0.4, 0.5) is 11.5 Å². The average Bonchev–Trinajstić information content (AvgIpc) is 3.00. The number of nitrogens with zero attached hydrogens (tertiary/aromatic N) is 2. The van der Waals surface area contributed by atoms with Gasteiger partial charge >= 0.3 is 0 Å². The third-order valence-electron chi connectivity index (χ3n) is 3.51. The Morgan fingerprint density at radius 1 is 0.875 bits per heavy atom. The van der Waals surface area contributed by atoms with Crippen molar-refractivity contribution in [2.75, 3.05) is 5.32 Å². The fraction of sp³-hybridized carbons (Fsp3) is 0. The molecule has 1 N–H and O–H groups in total.